The normalized spacial score (nSPS) is 14.3. The summed E-state index contributed by atoms with van der Waals surface area (Å²) in [7, 11) is 0. The van der Waals surface area contributed by atoms with E-state index in [4.69, 9.17) is 22.1 Å². The number of hydrogen-bond donors (Lipinski definition) is 1. The Morgan fingerprint density at radius 1 is 1.24 bits per heavy atom. The third kappa shape index (κ3) is 2.81. The fourth-order valence-corrected chi connectivity index (χ4v) is 2.55. The summed E-state index contributed by atoms with van der Waals surface area (Å²) in [5.74, 6) is 0.741. The van der Waals surface area contributed by atoms with Gasteiger partial charge >= 0.3 is 0 Å². The first kappa shape index (κ1) is 13.8. The number of anilines is 2. The summed E-state index contributed by atoms with van der Waals surface area (Å²) in [6, 6.07) is 12.8. The van der Waals surface area contributed by atoms with Gasteiger partial charge in [-0.1, -0.05) is 29.8 Å². The predicted molar refractivity (Wildman–Crippen MR) is 83.6 cm³/mol. The van der Waals surface area contributed by atoms with Gasteiger partial charge in [0.05, 0.1) is 25.3 Å². The molecule has 0 saturated carbocycles. The van der Waals surface area contributed by atoms with E-state index in [1.165, 1.54) is 0 Å². The van der Waals surface area contributed by atoms with Crippen molar-refractivity contribution < 1.29 is 9.53 Å². The van der Waals surface area contributed by atoms with Crippen molar-refractivity contribution in [1.82, 2.24) is 0 Å². The van der Waals surface area contributed by atoms with Gasteiger partial charge in [-0.05, 0) is 29.8 Å². The van der Waals surface area contributed by atoms with Crippen LogP contribution in [0.5, 0.6) is 5.75 Å². The first-order chi connectivity index (χ1) is 10.1. The molecule has 21 heavy (non-hydrogen) atoms. The molecule has 2 N–H and O–H groups in total. The molecule has 0 radical (unpaired) electrons. The highest BCUT2D eigenvalue weighted by Gasteiger charge is 2.23. The highest BCUT2D eigenvalue weighted by molar-refractivity contribution is 6.30. The number of rotatable bonds is 2. The smallest absolute Gasteiger partial charge is 0.230 e. The molecule has 1 aliphatic rings. The Hall–Kier alpha value is -2.20. The summed E-state index contributed by atoms with van der Waals surface area (Å²) < 4.78 is 5.62. The highest BCUT2D eigenvalue weighted by Crippen LogP contribution is 2.33. The van der Waals surface area contributed by atoms with Gasteiger partial charge in [0.25, 0.3) is 0 Å². The van der Waals surface area contributed by atoms with Crippen LogP contribution in [0.1, 0.15) is 12.0 Å². The van der Waals surface area contributed by atoms with E-state index in [1.54, 1.807) is 17.0 Å². The van der Waals surface area contributed by atoms with E-state index >= 15 is 0 Å². The number of carbonyl (C=O) groups is 1. The molecule has 2 aromatic rings. The van der Waals surface area contributed by atoms with Gasteiger partial charge in [-0.15, -0.1) is 0 Å². The average molecular weight is 303 g/mol. The van der Waals surface area contributed by atoms with Crippen molar-refractivity contribution in [3.63, 3.8) is 0 Å². The second-order valence-electron chi connectivity index (χ2n) is 4.89. The van der Waals surface area contributed by atoms with Gasteiger partial charge in [-0.2, -0.15) is 0 Å². The second-order valence-corrected chi connectivity index (χ2v) is 5.33. The van der Waals surface area contributed by atoms with Crippen molar-refractivity contribution in [3.8, 4) is 5.75 Å². The fourth-order valence-electron chi connectivity index (χ4n) is 2.37. The lowest BCUT2D eigenvalue weighted by molar-refractivity contribution is -0.118. The number of hydrogen-bond acceptors (Lipinski definition) is 3. The van der Waals surface area contributed by atoms with Gasteiger partial charge in [0, 0.05) is 10.7 Å². The lowest BCUT2D eigenvalue weighted by Crippen LogP contribution is -2.29. The standard InChI is InChI=1S/C16H15ClN2O2/c17-12-6-5-11(13(18)9-12)10-19-14-3-1-2-4-15(14)21-8-7-16(19)20/h1-6,9H,7-8,10,18H2. The maximum atomic E-state index is 12.3. The largest absolute Gasteiger partial charge is 0.491 e. The van der Waals surface area contributed by atoms with Crippen molar-refractivity contribution in [1.29, 1.82) is 0 Å². The maximum Gasteiger partial charge on any atom is 0.230 e. The number of benzene rings is 2. The Bertz CT molecular complexity index is 688. The number of para-hydroxylation sites is 2. The molecule has 4 nitrogen and oxygen atoms in total. The van der Waals surface area contributed by atoms with Gasteiger partial charge < -0.3 is 15.4 Å². The van der Waals surface area contributed by atoms with E-state index in [0.29, 0.717) is 30.3 Å². The van der Waals surface area contributed by atoms with E-state index in [-0.39, 0.29) is 5.91 Å². The maximum absolute atomic E-state index is 12.3. The van der Waals surface area contributed by atoms with E-state index in [0.717, 1.165) is 17.0 Å². The van der Waals surface area contributed by atoms with E-state index in [2.05, 4.69) is 0 Å². The third-order valence-corrected chi connectivity index (χ3v) is 3.70. The number of carbonyl (C=O) groups excluding carboxylic acids is 1. The molecular weight excluding hydrogens is 288 g/mol. The molecule has 1 aliphatic heterocycles. The number of halogens is 1. The molecule has 0 aromatic heterocycles. The van der Waals surface area contributed by atoms with E-state index in [9.17, 15) is 4.79 Å². The van der Waals surface area contributed by atoms with Crippen molar-refractivity contribution in [2.24, 2.45) is 0 Å². The first-order valence-corrected chi connectivity index (χ1v) is 7.09. The van der Waals surface area contributed by atoms with Crippen LogP contribution >= 0.6 is 11.6 Å². The summed E-state index contributed by atoms with van der Waals surface area (Å²) >= 11 is 5.92. The Kier molecular flexibility index (Phi) is 3.71. The molecule has 1 heterocycles. The SMILES string of the molecule is Nc1cc(Cl)ccc1CN1C(=O)CCOc2ccccc21. The lowest BCUT2D eigenvalue weighted by atomic mass is 10.1. The Labute approximate surface area is 128 Å². The molecule has 0 unspecified atom stereocenters. The second kappa shape index (κ2) is 5.66. The zero-order chi connectivity index (χ0) is 14.8. The van der Waals surface area contributed by atoms with Crippen LogP contribution in [0.15, 0.2) is 42.5 Å². The first-order valence-electron chi connectivity index (χ1n) is 6.71. The fraction of sp³-hybridized carbons (Fsp3) is 0.188. The summed E-state index contributed by atoms with van der Waals surface area (Å²) in [6.07, 6.45) is 0.349. The molecule has 0 fully saturated rings. The van der Waals surface area contributed by atoms with E-state index < -0.39 is 0 Å². The van der Waals surface area contributed by atoms with Crippen LogP contribution in [-0.2, 0) is 11.3 Å². The number of nitrogens with zero attached hydrogens (tertiary/aromatic N) is 1. The predicted octanol–water partition coefficient (Wildman–Crippen LogP) is 3.24. The molecule has 0 saturated heterocycles. The summed E-state index contributed by atoms with van der Waals surface area (Å²) in [6.45, 7) is 0.796. The molecule has 108 valence electrons. The van der Waals surface area contributed by atoms with Gasteiger partial charge in [0.15, 0.2) is 0 Å². The van der Waals surface area contributed by atoms with Crippen LogP contribution < -0.4 is 15.4 Å². The number of nitrogens with two attached hydrogens (primary N) is 1. The molecule has 0 spiro atoms. The molecule has 2 aromatic carbocycles. The third-order valence-electron chi connectivity index (χ3n) is 3.47. The van der Waals surface area contributed by atoms with E-state index in [1.807, 2.05) is 30.3 Å². The monoisotopic (exact) mass is 302 g/mol. The summed E-state index contributed by atoms with van der Waals surface area (Å²) in [4.78, 5) is 14.0. The van der Waals surface area contributed by atoms with Crippen LogP contribution in [0.25, 0.3) is 0 Å². The quantitative estimate of drug-likeness (QED) is 0.867. The summed E-state index contributed by atoms with van der Waals surface area (Å²) in [5.41, 5.74) is 8.21. The molecule has 0 bridgehead atoms. The highest BCUT2D eigenvalue weighted by atomic mass is 35.5. The lowest BCUT2D eigenvalue weighted by Gasteiger charge is -2.22. The van der Waals surface area contributed by atoms with Crippen molar-refractivity contribution in [3.05, 3.63) is 53.1 Å². The number of nitrogen functional groups attached to an aromatic ring is 1. The van der Waals surface area contributed by atoms with Crippen molar-refractivity contribution >= 4 is 28.9 Å². The van der Waals surface area contributed by atoms with Gasteiger partial charge in [-0.25, -0.2) is 0 Å². The van der Waals surface area contributed by atoms with Crippen LogP contribution in [0.3, 0.4) is 0 Å². The molecule has 5 heteroatoms. The Balaban J connectivity index is 1.98. The van der Waals surface area contributed by atoms with Crippen LogP contribution in [0, 0.1) is 0 Å². The van der Waals surface area contributed by atoms with Crippen molar-refractivity contribution in [2.75, 3.05) is 17.2 Å². The Morgan fingerprint density at radius 2 is 2.05 bits per heavy atom. The van der Waals surface area contributed by atoms with Gasteiger partial charge in [0.2, 0.25) is 5.91 Å². The van der Waals surface area contributed by atoms with Gasteiger partial charge in [-0.3, -0.25) is 4.79 Å². The number of amides is 1. The van der Waals surface area contributed by atoms with Crippen LogP contribution in [-0.4, -0.2) is 12.5 Å². The van der Waals surface area contributed by atoms with Crippen molar-refractivity contribution in [2.45, 2.75) is 13.0 Å². The zero-order valence-corrected chi connectivity index (χ0v) is 12.1. The Morgan fingerprint density at radius 3 is 2.86 bits per heavy atom. The average Bonchev–Trinajstić information content (AvgIpc) is 2.62. The molecule has 0 atom stereocenters. The molecule has 3 rings (SSSR count). The minimum atomic E-state index is 0.0225. The number of ether oxygens (including phenoxy) is 1. The van der Waals surface area contributed by atoms with Crippen LogP contribution in [0.2, 0.25) is 5.02 Å². The minimum absolute atomic E-state index is 0.0225. The minimum Gasteiger partial charge on any atom is -0.491 e. The zero-order valence-electron chi connectivity index (χ0n) is 11.4. The van der Waals surface area contributed by atoms with Gasteiger partial charge in [0.1, 0.15) is 5.75 Å². The summed E-state index contributed by atoms with van der Waals surface area (Å²) in [5, 5.41) is 0.585. The number of fused-ring (bicyclic) bond motifs is 1. The molecule has 0 aliphatic carbocycles. The molecule has 1 amide bonds. The van der Waals surface area contributed by atoms with Crippen LogP contribution in [0.4, 0.5) is 11.4 Å². The topological polar surface area (TPSA) is 55.6 Å². The molecular formula is C16H15ClN2O2.